The molecule has 2 unspecified atom stereocenters. The zero-order valence-electron chi connectivity index (χ0n) is 25.8. The Morgan fingerprint density at radius 3 is 2.08 bits per heavy atom. The molecule has 8 heteroatoms. The molecule has 0 saturated carbocycles. The molecule has 0 radical (unpaired) electrons. The number of hydrogen-bond donors (Lipinski definition) is 2. The second-order valence-corrected chi connectivity index (χ2v) is 13.3. The monoisotopic (exact) mass is 563 g/mol. The first-order valence-corrected chi connectivity index (χ1v) is 15.8. The molecule has 1 rings (SSSR count). The summed E-state index contributed by atoms with van der Waals surface area (Å²) in [5.74, 6) is 0.185. The zero-order chi connectivity index (χ0) is 29.6. The lowest BCUT2D eigenvalue weighted by molar-refractivity contribution is -0.143. The van der Waals surface area contributed by atoms with Crippen molar-refractivity contribution in [1.29, 1.82) is 0 Å². The largest absolute Gasteiger partial charge is 0.444 e. The Bertz CT molecular complexity index is 891. The highest BCUT2D eigenvalue weighted by atomic mass is 32.2. The van der Waals surface area contributed by atoms with Crippen molar-refractivity contribution in [3.63, 3.8) is 0 Å². The molecule has 3 amide bonds. The van der Waals surface area contributed by atoms with Crippen molar-refractivity contribution in [2.45, 2.75) is 124 Å². The van der Waals surface area contributed by atoms with E-state index in [1.54, 1.807) is 37.4 Å². The number of aryl methyl sites for hydroxylation is 1. The van der Waals surface area contributed by atoms with Gasteiger partial charge in [-0.05, 0) is 78.9 Å². The van der Waals surface area contributed by atoms with Crippen LogP contribution in [-0.2, 0) is 14.3 Å². The number of thioether (sulfide) groups is 1. The van der Waals surface area contributed by atoms with Gasteiger partial charge < -0.3 is 20.3 Å². The Labute approximate surface area is 241 Å². The second kappa shape index (κ2) is 16.8. The number of rotatable bonds is 15. The zero-order valence-corrected chi connectivity index (χ0v) is 26.6. The van der Waals surface area contributed by atoms with E-state index in [0.717, 1.165) is 36.8 Å². The first-order chi connectivity index (χ1) is 18.2. The van der Waals surface area contributed by atoms with Crippen LogP contribution in [0.1, 0.15) is 111 Å². The van der Waals surface area contributed by atoms with Crippen LogP contribution < -0.4 is 10.6 Å². The number of nitrogens with zero attached hydrogens (tertiary/aromatic N) is 1. The first kappa shape index (κ1) is 34.8. The SMILES string of the molecule is CCCCCCCCN(C(=O)C(CCSC)NC(=O)OC(C)(C)C)C(C(=O)NC(C)(C)C)c1ccc(C)cc1. The molecule has 1 aromatic rings. The van der Waals surface area contributed by atoms with Gasteiger partial charge in [0.1, 0.15) is 17.7 Å². The van der Waals surface area contributed by atoms with Gasteiger partial charge >= 0.3 is 6.09 Å². The molecule has 2 atom stereocenters. The van der Waals surface area contributed by atoms with Gasteiger partial charge in [0, 0.05) is 12.1 Å². The molecule has 0 fully saturated rings. The fourth-order valence-corrected chi connectivity index (χ4v) is 4.70. The topological polar surface area (TPSA) is 87.7 Å². The van der Waals surface area contributed by atoms with Gasteiger partial charge in [-0.3, -0.25) is 9.59 Å². The highest BCUT2D eigenvalue weighted by Gasteiger charge is 2.37. The summed E-state index contributed by atoms with van der Waals surface area (Å²) in [5.41, 5.74) is 0.670. The quantitative estimate of drug-likeness (QED) is 0.230. The summed E-state index contributed by atoms with van der Waals surface area (Å²) >= 11 is 1.61. The van der Waals surface area contributed by atoms with Crippen LogP contribution in [0.5, 0.6) is 0 Å². The molecule has 0 bridgehead atoms. The highest BCUT2D eigenvalue weighted by Crippen LogP contribution is 2.26. The van der Waals surface area contributed by atoms with Crippen molar-refractivity contribution >= 4 is 29.7 Å². The van der Waals surface area contributed by atoms with E-state index in [0.29, 0.717) is 18.7 Å². The summed E-state index contributed by atoms with van der Waals surface area (Å²) in [6.07, 6.45) is 8.14. The maximum Gasteiger partial charge on any atom is 0.408 e. The van der Waals surface area contributed by atoms with Gasteiger partial charge in [0.25, 0.3) is 0 Å². The molecular formula is C31H53N3O4S. The van der Waals surface area contributed by atoms with Gasteiger partial charge in [-0.25, -0.2) is 4.79 Å². The average Bonchev–Trinajstić information content (AvgIpc) is 2.81. The van der Waals surface area contributed by atoms with Crippen molar-refractivity contribution in [2.75, 3.05) is 18.6 Å². The summed E-state index contributed by atoms with van der Waals surface area (Å²) in [4.78, 5) is 42.4. The molecule has 0 spiro atoms. The van der Waals surface area contributed by atoms with Crippen LogP contribution in [0.15, 0.2) is 24.3 Å². The number of ether oxygens (including phenoxy) is 1. The summed E-state index contributed by atoms with van der Waals surface area (Å²) in [5, 5.41) is 5.90. The molecule has 7 nitrogen and oxygen atoms in total. The fourth-order valence-electron chi connectivity index (χ4n) is 4.23. The number of amides is 3. The van der Waals surface area contributed by atoms with Gasteiger partial charge in [0.2, 0.25) is 11.8 Å². The highest BCUT2D eigenvalue weighted by molar-refractivity contribution is 7.98. The van der Waals surface area contributed by atoms with E-state index in [1.165, 1.54) is 12.8 Å². The molecule has 0 heterocycles. The molecule has 0 aliphatic rings. The Hall–Kier alpha value is -2.22. The maximum atomic E-state index is 14.2. The normalized spacial score (nSPS) is 13.4. The Morgan fingerprint density at radius 1 is 0.949 bits per heavy atom. The molecule has 2 N–H and O–H groups in total. The predicted molar refractivity (Wildman–Crippen MR) is 163 cm³/mol. The van der Waals surface area contributed by atoms with Crippen molar-refractivity contribution in [3.05, 3.63) is 35.4 Å². The van der Waals surface area contributed by atoms with Crippen LogP contribution in [0.2, 0.25) is 0 Å². The van der Waals surface area contributed by atoms with Crippen LogP contribution in [0, 0.1) is 6.92 Å². The number of nitrogens with one attached hydrogen (secondary N) is 2. The number of benzene rings is 1. The Kier molecular flexibility index (Phi) is 15.0. The minimum Gasteiger partial charge on any atom is -0.444 e. The minimum atomic E-state index is -0.815. The number of carbonyl (C=O) groups excluding carboxylic acids is 3. The van der Waals surface area contributed by atoms with Gasteiger partial charge in [-0.2, -0.15) is 11.8 Å². The first-order valence-electron chi connectivity index (χ1n) is 14.4. The van der Waals surface area contributed by atoms with Crippen molar-refractivity contribution < 1.29 is 19.1 Å². The third-order valence-corrected chi connectivity index (χ3v) is 6.73. The number of alkyl carbamates (subject to hydrolysis) is 1. The van der Waals surface area contributed by atoms with Crippen LogP contribution in [0.25, 0.3) is 0 Å². The van der Waals surface area contributed by atoms with Crippen LogP contribution in [0.3, 0.4) is 0 Å². The minimum absolute atomic E-state index is 0.230. The smallest absolute Gasteiger partial charge is 0.408 e. The summed E-state index contributed by atoms with van der Waals surface area (Å²) in [7, 11) is 0. The summed E-state index contributed by atoms with van der Waals surface area (Å²) < 4.78 is 5.48. The van der Waals surface area contributed by atoms with Crippen LogP contribution in [0.4, 0.5) is 4.79 Å². The second-order valence-electron chi connectivity index (χ2n) is 12.3. The Morgan fingerprint density at radius 2 is 1.54 bits per heavy atom. The molecule has 0 aromatic heterocycles. The molecular weight excluding hydrogens is 510 g/mol. The number of unbranched alkanes of at least 4 members (excludes halogenated alkanes) is 5. The summed E-state index contributed by atoms with van der Waals surface area (Å²) in [6.45, 7) is 15.8. The standard InChI is InChI=1S/C31H53N3O4S/c1-10-11-12-13-14-15-21-34(28(36)25(20-22-39-9)32-29(37)38-31(6,7)8)26(27(35)33-30(3,4)5)24-18-16-23(2)17-19-24/h16-19,25-26H,10-15,20-22H2,1-9H3,(H,32,37)(H,33,35). The van der Waals surface area contributed by atoms with Crippen molar-refractivity contribution in [1.82, 2.24) is 15.5 Å². The lowest BCUT2D eigenvalue weighted by Gasteiger charge is -2.36. The third kappa shape index (κ3) is 14.1. The average molecular weight is 564 g/mol. The van der Waals surface area contributed by atoms with Crippen LogP contribution in [-0.4, -0.2) is 58.5 Å². The number of carbonyl (C=O) groups is 3. The predicted octanol–water partition coefficient (Wildman–Crippen LogP) is 6.79. The molecule has 222 valence electrons. The Balaban J connectivity index is 3.43. The van der Waals surface area contributed by atoms with Gasteiger partial charge in [0.15, 0.2) is 0 Å². The third-order valence-electron chi connectivity index (χ3n) is 6.09. The number of hydrogen-bond acceptors (Lipinski definition) is 5. The molecule has 0 aliphatic carbocycles. The molecule has 1 aromatic carbocycles. The lowest BCUT2D eigenvalue weighted by Crippen LogP contribution is -2.55. The van der Waals surface area contributed by atoms with Gasteiger partial charge in [-0.15, -0.1) is 0 Å². The lowest BCUT2D eigenvalue weighted by atomic mass is 9.99. The molecule has 0 aliphatic heterocycles. The molecule has 39 heavy (non-hydrogen) atoms. The fraction of sp³-hybridized carbons (Fsp3) is 0.710. The maximum absolute atomic E-state index is 14.2. The van der Waals surface area contributed by atoms with E-state index < -0.39 is 29.3 Å². The van der Waals surface area contributed by atoms with Crippen molar-refractivity contribution in [2.24, 2.45) is 0 Å². The van der Waals surface area contributed by atoms with E-state index in [-0.39, 0.29) is 11.8 Å². The van der Waals surface area contributed by atoms with E-state index in [1.807, 2.05) is 58.2 Å². The van der Waals surface area contributed by atoms with Gasteiger partial charge in [0.05, 0.1) is 0 Å². The van der Waals surface area contributed by atoms with E-state index in [2.05, 4.69) is 17.6 Å². The van der Waals surface area contributed by atoms with Crippen LogP contribution >= 0.6 is 11.8 Å². The van der Waals surface area contributed by atoms with Gasteiger partial charge in [-0.1, -0.05) is 68.9 Å². The van der Waals surface area contributed by atoms with Crippen molar-refractivity contribution in [3.8, 4) is 0 Å². The van der Waals surface area contributed by atoms with E-state index in [9.17, 15) is 14.4 Å². The van der Waals surface area contributed by atoms with E-state index >= 15 is 0 Å². The molecule has 0 saturated heterocycles. The summed E-state index contributed by atoms with van der Waals surface area (Å²) in [6, 6.07) is 6.14. The van der Waals surface area contributed by atoms with E-state index in [4.69, 9.17) is 4.74 Å².